The molecule has 0 unspecified atom stereocenters. The number of carbonyl (C=O) groups excluding carboxylic acids is 4. The van der Waals surface area contributed by atoms with Gasteiger partial charge in [-0.25, -0.2) is 0 Å². The minimum atomic E-state index is -0.677. The van der Waals surface area contributed by atoms with Crippen molar-refractivity contribution in [3.05, 3.63) is 31.7 Å². The van der Waals surface area contributed by atoms with Crippen LogP contribution in [-0.2, 0) is 19.2 Å². The molecule has 0 heterocycles. The van der Waals surface area contributed by atoms with Crippen LogP contribution in [0, 0.1) is 7.43 Å². The maximum absolute atomic E-state index is 9.83. The van der Waals surface area contributed by atoms with Gasteiger partial charge in [-0.1, -0.05) is 0 Å². The highest BCUT2D eigenvalue weighted by atomic mass is 16.2. The molecule has 0 rings (SSSR count). The van der Waals surface area contributed by atoms with Gasteiger partial charge in [0.05, 0.1) is 0 Å². The van der Waals surface area contributed by atoms with E-state index in [9.17, 15) is 19.2 Å². The highest BCUT2D eigenvalue weighted by Crippen LogP contribution is 1.66. The Kier molecular flexibility index (Phi) is 13.4. The van der Waals surface area contributed by atoms with E-state index < -0.39 is 23.6 Å². The largest absolute Gasteiger partial charge is 0.366 e. The Morgan fingerprint density at radius 1 is 0.529 bits per heavy atom. The molecule has 4 radical (unpaired) electrons. The predicted octanol–water partition coefficient (Wildman–Crippen LogP) is -2.89. The number of amides is 4. The van der Waals surface area contributed by atoms with E-state index in [2.05, 4.69) is 22.9 Å². The lowest BCUT2D eigenvalue weighted by Gasteiger charge is -1.76. The van der Waals surface area contributed by atoms with Gasteiger partial charge >= 0.3 is 0 Å². The van der Waals surface area contributed by atoms with Crippen molar-refractivity contribution < 1.29 is 19.2 Å². The highest BCUT2D eigenvalue weighted by molar-refractivity contribution is 5.95. The number of primary amides is 4. The summed E-state index contributed by atoms with van der Waals surface area (Å²) in [4.78, 5) is 39.3. The second kappa shape index (κ2) is 11.4. The Balaban J connectivity index is -0.000000218. The number of rotatable bonds is 4. The fraction of sp³-hybridized carbons (Fsp3) is 0. The van der Waals surface area contributed by atoms with Gasteiger partial charge in [0.2, 0.25) is 23.6 Å². The molecule has 0 aliphatic rings. The summed E-state index contributed by atoms with van der Waals surface area (Å²) in [7, 11) is 0. The Labute approximate surface area is 98.3 Å². The fourth-order valence-electron chi connectivity index (χ4n) is 0.329. The summed E-state index contributed by atoms with van der Waals surface area (Å²) in [6, 6.07) is 0. The molecule has 0 aliphatic heterocycles. The van der Waals surface area contributed by atoms with Crippen molar-refractivity contribution >= 4 is 23.6 Å². The quantitative estimate of drug-likeness (QED) is 0.386. The van der Waals surface area contributed by atoms with Gasteiger partial charge in [0.1, 0.15) is 0 Å². The third-order valence-corrected chi connectivity index (χ3v) is 0.824. The SMILES string of the molecule is NC(=O)C=CC(N)=O.NC(=O)C=CC(N)=O.[C]. The first-order chi connectivity index (χ1) is 7.25. The number of hydrogen-bond acceptors (Lipinski definition) is 4. The van der Waals surface area contributed by atoms with Crippen LogP contribution in [0.2, 0.25) is 0 Å². The molecule has 0 saturated heterocycles. The first kappa shape index (κ1) is 19.9. The normalized spacial score (nSPS) is 8.94. The average Bonchev–Trinajstić information content (AvgIpc) is 2.12. The highest BCUT2D eigenvalue weighted by Gasteiger charge is 1.84. The van der Waals surface area contributed by atoms with Gasteiger partial charge in [-0.2, -0.15) is 0 Å². The minimum absolute atomic E-state index is 0. The molecule has 0 aliphatic carbocycles. The maximum Gasteiger partial charge on any atom is 0.241 e. The van der Waals surface area contributed by atoms with Gasteiger partial charge in [0.15, 0.2) is 0 Å². The summed E-state index contributed by atoms with van der Waals surface area (Å²) < 4.78 is 0. The van der Waals surface area contributed by atoms with Gasteiger partial charge < -0.3 is 22.9 Å². The smallest absolute Gasteiger partial charge is 0.241 e. The first-order valence-corrected chi connectivity index (χ1v) is 3.79. The third kappa shape index (κ3) is 31.8. The van der Waals surface area contributed by atoms with Crippen LogP contribution in [0.1, 0.15) is 0 Å². The molecule has 8 N–H and O–H groups in total. The lowest BCUT2D eigenvalue weighted by Crippen LogP contribution is -2.10. The standard InChI is InChI=1S/2C4H6N2O2.C/c2*5-3(7)1-2-4(6)8;/h2*1-2H,(H2,5,7)(H2,6,8);. The lowest BCUT2D eigenvalue weighted by atomic mass is 10.5. The Bertz CT molecular complexity index is 281. The van der Waals surface area contributed by atoms with Crippen molar-refractivity contribution in [3.8, 4) is 0 Å². The molecule has 92 valence electrons. The summed E-state index contributed by atoms with van der Waals surface area (Å²) in [6.45, 7) is 0. The van der Waals surface area contributed by atoms with Crippen LogP contribution in [0.4, 0.5) is 0 Å². The summed E-state index contributed by atoms with van der Waals surface area (Å²) >= 11 is 0. The van der Waals surface area contributed by atoms with E-state index in [0.29, 0.717) is 0 Å². The summed E-state index contributed by atoms with van der Waals surface area (Å²) in [5.41, 5.74) is 18.4. The minimum Gasteiger partial charge on any atom is -0.366 e. The lowest BCUT2D eigenvalue weighted by molar-refractivity contribution is -0.115. The molecular weight excluding hydrogens is 228 g/mol. The summed E-state index contributed by atoms with van der Waals surface area (Å²) in [5.74, 6) is -2.71. The summed E-state index contributed by atoms with van der Waals surface area (Å²) in [5, 5.41) is 0. The molecule has 0 bridgehead atoms. The average molecular weight is 240 g/mol. The van der Waals surface area contributed by atoms with Crippen LogP contribution in [-0.4, -0.2) is 23.6 Å². The molecule has 0 fully saturated rings. The second-order valence-corrected chi connectivity index (χ2v) is 2.28. The zero-order valence-electron chi connectivity index (χ0n) is 8.75. The Hall–Kier alpha value is -2.64. The summed E-state index contributed by atoms with van der Waals surface area (Å²) in [6.07, 6.45) is 3.62. The molecule has 0 aromatic rings. The monoisotopic (exact) mass is 240 g/mol. The van der Waals surface area contributed by atoms with Crippen LogP contribution in [0.5, 0.6) is 0 Å². The van der Waals surface area contributed by atoms with E-state index in [0.717, 1.165) is 24.3 Å². The van der Waals surface area contributed by atoms with E-state index in [1.807, 2.05) is 0 Å². The van der Waals surface area contributed by atoms with Gasteiger partial charge in [-0.15, -0.1) is 0 Å². The Morgan fingerprint density at radius 3 is 0.706 bits per heavy atom. The van der Waals surface area contributed by atoms with Crippen LogP contribution in [0.3, 0.4) is 0 Å². The number of hydrogen-bond donors (Lipinski definition) is 4. The molecule has 8 nitrogen and oxygen atoms in total. The van der Waals surface area contributed by atoms with E-state index in [4.69, 9.17) is 0 Å². The van der Waals surface area contributed by atoms with Crippen molar-refractivity contribution in [1.29, 1.82) is 0 Å². The molecule has 0 aromatic carbocycles. The van der Waals surface area contributed by atoms with E-state index in [1.54, 1.807) is 0 Å². The second-order valence-electron chi connectivity index (χ2n) is 2.28. The fourth-order valence-corrected chi connectivity index (χ4v) is 0.329. The van der Waals surface area contributed by atoms with Crippen molar-refractivity contribution in [3.63, 3.8) is 0 Å². The zero-order chi connectivity index (χ0) is 13.1. The van der Waals surface area contributed by atoms with Gasteiger partial charge in [0.25, 0.3) is 0 Å². The molecule has 4 amide bonds. The number of nitrogens with two attached hydrogens (primary N) is 4. The van der Waals surface area contributed by atoms with Crippen molar-refractivity contribution in [2.45, 2.75) is 0 Å². The van der Waals surface area contributed by atoms with Crippen LogP contribution < -0.4 is 22.9 Å². The molecule has 0 spiro atoms. The maximum atomic E-state index is 9.83. The molecule has 17 heavy (non-hydrogen) atoms. The van der Waals surface area contributed by atoms with E-state index in [1.165, 1.54) is 0 Å². The molecule has 8 heteroatoms. The van der Waals surface area contributed by atoms with Crippen molar-refractivity contribution in [2.24, 2.45) is 22.9 Å². The van der Waals surface area contributed by atoms with Crippen molar-refractivity contribution in [2.75, 3.05) is 0 Å². The van der Waals surface area contributed by atoms with Crippen LogP contribution in [0.25, 0.3) is 0 Å². The predicted molar refractivity (Wildman–Crippen MR) is 58.3 cm³/mol. The topological polar surface area (TPSA) is 172 Å². The Morgan fingerprint density at radius 2 is 0.647 bits per heavy atom. The van der Waals surface area contributed by atoms with Crippen LogP contribution >= 0.6 is 0 Å². The van der Waals surface area contributed by atoms with E-state index >= 15 is 0 Å². The van der Waals surface area contributed by atoms with E-state index in [-0.39, 0.29) is 7.43 Å². The van der Waals surface area contributed by atoms with Gasteiger partial charge in [-0.05, 0) is 0 Å². The molecule has 0 aromatic heterocycles. The van der Waals surface area contributed by atoms with Gasteiger partial charge in [-0.3, -0.25) is 19.2 Å². The number of carbonyl (C=O) groups is 4. The van der Waals surface area contributed by atoms with Crippen LogP contribution in [0.15, 0.2) is 24.3 Å². The molecule has 0 atom stereocenters. The third-order valence-electron chi connectivity index (χ3n) is 0.824. The molecular formula is C9H12N4O4. The first-order valence-electron chi connectivity index (χ1n) is 3.79. The van der Waals surface area contributed by atoms with Gasteiger partial charge in [0, 0.05) is 31.7 Å². The zero-order valence-corrected chi connectivity index (χ0v) is 8.75. The molecule has 0 saturated carbocycles. The van der Waals surface area contributed by atoms with Crippen molar-refractivity contribution in [1.82, 2.24) is 0 Å².